The van der Waals surface area contributed by atoms with Crippen LogP contribution in [0.2, 0.25) is 0 Å². The Morgan fingerprint density at radius 1 is 1.06 bits per heavy atom. The molecule has 0 fully saturated rings. The molecule has 0 aliphatic heterocycles. The van der Waals surface area contributed by atoms with Crippen LogP contribution in [0.4, 0.5) is 16.4 Å². The molecule has 2 aromatic rings. The first kappa shape index (κ1) is 27.1. The van der Waals surface area contributed by atoms with Gasteiger partial charge < -0.3 is 19.7 Å². The van der Waals surface area contributed by atoms with E-state index in [1.165, 1.54) is 46.5 Å². The Balaban J connectivity index is 0.00000512. The molecule has 3 N–H and O–H groups in total. The van der Waals surface area contributed by atoms with Crippen LogP contribution in [0, 0.1) is 0 Å². The second kappa shape index (κ2) is 11.6. The average Bonchev–Trinajstić information content (AvgIpc) is 2.72. The number of methoxy groups -OCH3 is 2. The first-order valence-corrected chi connectivity index (χ1v) is 9.96. The Bertz CT molecular complexity index is 1090. The van der Waals surface area contributed by atoms with Crippen LogP contribution in [0.3, 0.4) is 0 Å². The van der Waals surface area contributed by atoms with E-state index < -0.39 is 26.9 Å². The van der Waals surface area contributed by atoms with Crippen LogP contribution in [-0.4, -0.2) is 99.5 Å². The first-order valence-electron chi connectivity index (χ1n) is 8.48. The number of sulfonamides is 1. The van der Waals surface area contributed by atoms with Crippen LogP contribution in [-0.2, 0) is 14.8 Å². The standard InChI is InChI=1S/C17H20N6O7S.Na/c1-23(2)15(25)11-6-5-10(18-9-24)7-12(11)31(27,28)22-17(26)21-16-19-13(29-3)8-14(20-16)30-4;/h5-9H,1-4H3,(H,18,24)(H2,19,20,21,22,26);. The van der Waals surface area contributed by atoms with Crippen molar-refractivity contribution in [1.82, 2.24) is 19.6 Å². The molecule has 0 saturated heterocycles. The van der Waals surface area contributed by atoms with Crippen molar-refractivity contribution < 1.29 is 32.3 Å². The topological polar surface area (TPSA) is 169 Å². The predicted octanol–water partition coefficient (Wildman–Crippen LogP) is -0.106. The normalized spacial score (nSPS) is 10.2. The predicted molar refractivity (Wildman–Crippen MR) is 114 cm³/mol. The summed E-state index contributed by atoms with van der Waals surface area (Å²) in [4.78, 5) is 43.8. The van der Waals surface area contributed by atoms with Crippen molar-refractivity contribution in [2.45, 2.75) is 4.90 Å². The zero-order chi connectivity index (χ0) is 23.2. The largest absolute Gasteiger partial charge is 0.481 e. The van der Waals surface area contributed by atoms with Crippen molar-refractivity contribution in [2.75, 3.05) is 38.9 Å². The fourth-order valence-corrected chi connectivity index (χ4v) is 3.43. The van der Waals surface area contributed by atoms with E-state index in [9.17, 15) is 22.8 Å². The van der Waals surface area contributed by atoms with Gasteiger partial charge in [-0.2, -0.15) is 9.97 Å². The molecule has 0 bridgehead atoms. The maximum Gasteiger partial charge on any atom is 0.335 e. The molecule has 1 radical (unpaired) electrons. The SMILES string of the molecule is COc1cc(OC)nc(NC(=O)NS(=O)(=O)c2cc(NC=O)ccc2C(=O)N(C)C)n1.[Na]. The molecule has 15 heteroatoms. The number of nitrogens with zero attached hydrogens (tertiary/aromatic N) is 3. The van der Waals surface area contributed by atoms with Crippen molar-refractivity contribution in [3.63, 3.8) is 0 Å². The quantitative estimate of drug-likeness (QED) is 0.348. The Kier molecular flexibility index (Phi) is 9.83. The number of aromatic nitrogens is 2. The molecule has 1 heterocycles. The summed E-state index contributed by atoms with van der Waals surface area (Å²) < 4.78 is 37.3. The van der Waals surface area contributed by atoms with Gasteiger partial charge in [0.1, 0.15) is 4.90 Å². The second-order valence-corrected chi connectivity index (χ2v) is 7.66. The fraction of sp³-hybridized carbons (Fsp3) is 0.235. The van der Waals surface area contributed by atoms with E-state index in [0.29, 0.717) is 6.41 Å². The molecule has 0 unspecified atom stereocenters. The molecule has 1 aromatic carbocycles. The number of hydrogen-bond acceptors (Lipinski definition) is 9. The number of urea groups is 1. The third-order valence-electron chi connectivity index (χ3n) is 3.68. The van der Waals surface area contributed by atoms with Gasteiger partial charge in [-0.25, -0.2) is 17.9 Å². The van der Waals surface area contributed by atoms with Gasteiger partial charge in [-0.15, -0.1) is 0 Å². The molecule has 1 aromatic heterocycles. The van der Waals surface area contributed by atoms with Crippen molar-refractivity contribution in [2.24, 2.45) is 0 Å². The third kappa shape index (κ3) is 6.78. The fourth-order valence-electron chi connectivity index (χ4n) is 2.29. The second-order valence-electron chi connectivity index (χ2n) is 6.01. The molecule has 0 spiro atoms. The summed E-state index contributed by atoms with van der Waals surface area (Å²) in [6.07, 6.45) is 0.340. The molecule has 0 atom stereocenters. The van der Waals surface area contributed by atoms with E-state index in [1.54, 1.807) is 4.72 Å². The van der Waals surface area contributed by atoms with E-state index in [0.717, 1.165) is 11.0 Å². The number of hydrogen-bond donors (Lipinski definition) is 3. The zero-order valence-electron chi connectivity index (χ0n) is 18.0. The molecular formula is C17H20N6NaO7S. The number of nitrogens with one attached hydrogen (secondary N) is 3. The number of rotatable bonds is 8. The van der Waals surface area contributed by atoms with Gasteiger partial charge in [0.25, 0.3) is 15.9 Å². The molecule has 13 nitrogen and oxygen atoms in total. The monoisotopic (exact) mass is 475 g/mol. The first-order chi connectivity index (χ1) is 14.6. The summed E-state index contributed by atoms with van der Waals surface area (Å²) >= 11 is 0. The van der Waals surface area contributed by atoms with Gasteiger partial charge >= 0.3 is 6.03 Å². The van der Waals surface area contributed by atoms with Crippen LogP contribution in [0.1, 0.15) is 10.4 Å². The van der Waals surface area contributed by atoms with E-state index >= 15 is 0 Å². The minimum atomic E-state index is -4.54. The number of ether oxygens (including phenoxy) is 2. The molecule has 167 valence electrons. The van der Waals surface area contributed by atoms with E-state index in [2.05, 4.69) is 20.6 Å². The molecule has 4 amide bonds. The van der Waals surface area contributed by atoms with Gasteiger partial charge in [0.2, 0.25) is 24.1 Å². The van der Waals surface area contributed by atoms with E-state index in [4.69, 9.17) is 9.47 Å². The van der Waals surface area contributed by atoms with Gasteiger partial charge in [0, 0.05) is 49.3 Å². The molecule has 0 aliphatic rings. The Morgan fingerprint density at radius 3 is 2.16 bits per heavy atom. The maximum absolute atomic E-state index is 12.8. The van der Waals surface area contributed by atoms with Gasteiger partial charge in [-0.05, 0) is 18.2 Å². The minimum Gasteiger partial charge on any atom is -0.481 e. The number of benzene rings is 1. The van der Waals surface area contributed by atoms with Gasteiger partial charge in [-0.3, -0.25) is 14.9 Å². The van der Waals surface area contributed by atoms with Crippen molar-refractivity contribution in [3.05, 3.63) is 29.8 Å². The smallest absolute Gasteiger partial charge is 0.335 e. The summed E-state index contributed by atoms with van der Waals surface area (Å²) in [6.45, 7) is 0. The van der Waals surface area contributed by atoms with E-state index in [1.807, 2.05) is 0 Å². The van der Waals surface area contributed by atoms with Crippen LogP contribution >= 0.6 is 0 Å². The number of amides is 4. The molecular weight excluding hydrogens is 455 g/mol. The Hall–Kier alpha value is -2.94. The molecule has 0 aliphatic carbocycles. The van der Waals surface area contributed by atoms with Crippen LogP contribution in [0.25, 0.3) is 0 Å². The Morgan fingerprint density at radius 2 is 1.66 bits per heavy atom. The maximum atomic E-state index is 12.8. The van der Waals surface area contributed by atoms with E-state index in [-0.39, 0.29) is 58.5 Å². The Labute approximate surface area is 206 Å². The van der Waals surface area contributed by atoms with Crippen LogP contribution in [0.15, 0.2) is 29.2 Å². The van der Waals surface area contributed by atoms with Crippen LogP contribution < -0.4 is 24.8 Å². The number of carbonyl (C=O) groups is 3. The average molecular weight is 475 g/mol. The summed E-state index contributed by atoms with van der Waals surface area (Å²) in [5.41, 5.74) is -0.104. The summed E-state index contributed by atoms with van der Waals surface area (Å²) in [5.74, 6) is -0.780. The third-order valence-corrected chi connectivity index (χ3v) is 5.05. The summed E-state index contributed by atoms with van der Waals surface area (Å²) in [5, 5.41) is 4.44. The molecule has 0 saturated carbocycles. The zero-order valence-corrected chi connectivity index (χ0v) is 20.8. The molecule has 32 heavy (non-hydrogen) atoms. The number of anilines is 2. The van der Waals surface area contributed by atoms with Gasteiger partial charge in [-0.1, -0.05) is 0 Å². The van der Waals surface area contributed by atoms with Crippen molar-refractivity contribution >= 4 is 69.6 Å². The molecule has 2 rings (SSSR count). The summed E-state index contributed by atoms with van der Waals surface area (Å²) in [7, 11) is 0.991. The summed E-state index contributed by atoms with van der Waals surface area (Å²) in [6, 6.07) is 3.76. The number of carbonyl (C=O) groups excluding carboxylic acids is 3. The van der Waals surface area contributed by atoms with Gasteiger partial charge in [0.15, 0.2) is 0 Å². The minimum absolute atomic E-state index is 0. The van der Waals surface area contributed by atoms with Crippen molar-refractivity contribution in [1.29, 1.82) is 0 Å². The van der Waals surface area contributed by atoms with Gasteiger partial charge in [0.05, 0.1) is 25.8 Å². The van der Waals surface area contributed by atoms with Crippen molar-refractivity contribution in [3.8, 4) is 11.8 Å². The van der Waals surface area contributed by atoms with Crippen LogP contribution in [0.5, 0.6) is 11.8 Å².